The fourth-order valence-electron chi connectivity index (χ4n) is 2.87. The Labute approximate surface area is 130 Å². The lowest BCUT2D eigenvalue weighted by atomic mass is 9.78. The van der Waals surface area contributed by atoms with Gasteiger partial charge in [0.25, 0.3) is 11.6 Å². The Kier molecular flexibility index (Phi) is 5.35. The molecule has 6 heteroatoms. The van der Waals surface area contributed by atoms with Crippen molar-refractivity contribution in [2.24, 2.45) is 11.8 Å². The average molecular weight is 306 g/mol. The molecule has 1 fully saturated rings. The number of carbonyl (C=O) groups excluding carboxylic acids is 1. The second-order valence-corrected chi connectivity index (χ2v) is 5.98. The summed E-state index contributed by atoms with van der Waals surface area (Å²) >= 11 is 0. The van der Waals surface area contributed by atoms with E-state index in [1.54, 1.807) is 6.07 Å². The molecule has 0 radical (unpaired) electrons. The fourth-order valence-corrected chi connectivity index (χ4v) is 2.87. The van der Waals surface area contributed by atoms with E-state index in [1.165, 1.54) is 24.6 Å². The molecule has 1 N–H and O–H groups in total. The van der Waals surface area contributed by atoms with Gasteiger partial charge in [0.05, 0.1) is 11.0 Å². The van der Waals surface area contributed by atoms with Crippen molar-refractivity contribution in [2.45, 2.75) is 39.2 Å². The third kappa shape index (κ3) is 4.19. The number of nitrogens with one attached hydrogen (secondary N) is 1. The first-order chi connectivity index (χ1) is 10.5. The number of non-ortho nitro benzene ring substituents is 1. The summed E-state index contributed by atoms with van der Waals surface area (Å²) in [6, 6.07) is 6.03. The number of rotatable bonds is 5. The van der Waals surface area contributed by atoms with Crippen LogP contribution in [-0.2, 0) is 4.79 Å². The minimum atomic E-state index is -0.488. The van der Waals surface area contributed by atoms with Crippen LogP contribution >= 0.6 is 0 Å². The van der Waals surface area contributed by atoms with Gasteiger partial charge in [0.2, 0.25) is 0 Å². The third-order valence-corrected chi connectivity index (χ3v) is 4.45. The van der Waals surface area contributed by atoms with Gasteiger partial charge in [0.15, 0.2) is 6.61 Å². The third-order valence-electron chi connectivity index (χ3n) is 4.45. The molecule has 22 heavy (non-hydrogen) atoms. The molecule has 1 amide bonds. The van der Waals surface area contributed by atoms with Gasteiger partial charge in [0, 0.05) is 12.1 Å². The van der Waals surface area contributed by atoms with Gasteiger partial charge in [-0.1, -0.05) is 32.8 Å². The number of nitrogens with zero attached hydrogens (tertiary/aromatic N) is 1. The molecule has 0 aromatic heterocycles. The van der Waals surface area contributed by atoms with Crippen LogP contribution in [0.3, 0.4) is 0 Å². The molecular formula is C16H22N2O4. The molecule has 0 spiro atoms. The number of nitro benzene ring substituents is 1. The predicted octanol–water partition coefficient (Wildman–Crippen LogP) is 2.91. The van der Waals surface area contributed by atoms with Crippen LogP contribution in [-0.4, -0.2) is 23.5 Å². The lowest BCUT2D eigenvalue weighted by molar-refractivity contribution is -0.384. The van der Waals surface area contributed by atoms with Crippen molar-refractivity contribution in [3.8, 4) is 5.75 Å². The molecule has 2 rings (SSSR count). The van der Waals surface area contributed by atoms with Crippen LogP contribution < -0.4 is 10.1 Å². The van der Waals surface area contributed by atoms with Crippen molar-refractivity contribution in [1.29, 1.82) is 0 Å². The van der Waals surface area contributed by atoms with E-state index in [0.29, 0.717) is 17.6 Å². The van der Waals surface area contributed by atoms with Crippen molar-refractivity contribution >= 4 is 11.6 Å². The van der Waals surface area contributed by atoms with Crippen molar-refractivity contribution in [3.63, 3.8) is 0 Å². The van der Waals surface area contributed by atoms with E-state index in [-0.39, 0.29) is 24.2 Å². The molecule has 0 unspecified atom stereocenters. The highest BCUT2D eigenvalue weighted by Gasteiger charge is 2.28. The van der Waals surface area contributed by atoms with Crippen LogP contribution in [0.5, 0.6) is 5.75 Å². The summed E-state index contributed by atoms with van der Waals surface area (Å²) in [6.07, 6.45) is 3.33. The van der Waals surface area contributed by atoms with Crippen LogP contribution in [0.15, 0.2) is 24.3 Å². The summed E-state index contributed by atoms with van der Waals surface area (Å²) in [5, 5.41) is 13.7. The molecule has 0 heterocycles. The van der Waals surface area contributed by atoms with E-state index in [2.05, 4.69) is 19.2 Å². The largest absolute Gasteiger partial charge is 0.484 e. The zero-order chi connectivity index (χ0) is 16.1. The summed E-state index contributed by atoms with van der Waals surface area (Å²) in [4.78, 5) is 22.2. The highest BCUT2D eigenvalue weighted by molar-refractivity contribution is 5.77. The van der Waals surface area contributed by atoms with Gasteiger partial charge >= 0.3 is 0 Å². The first kappa shape index (κ1) is 16.3. The average Bonchev–Trinajstić information content (AvgIpc) is 2.50. The Morgan fingerprint density at radius 1 is 1.41 bits per heavy atom. The Morgan fingerprint density at radius 2 is 2.18 bits per heavy atom. The van der Waals surface area contributed by atoms with Gasteiger partial charge < -0.3 is 10.1 Å². The first-order valence-corrected chi connectivity index (χ1v) is 7.64. The SMILES string of the molecule is C[C@@H]1[C@H](C)CCC[C@H]1NC(=O)COc1cccc([N+](=O)[O-])c1. The lowest BCUT2D eigenvalue weighted by Crippen LogP contribution is -2.45. The number of carbonyl (C=O) groups is 1. The quantitative estimate of drug-likeness (QED) is 0.670. The summed E-state index contributed by atoms with van der Waals surface area (Å²) in [5.41, 5.74) is -0.0485. The fraction of sp³-hybridized carbons (Fsp3) is 0.562. The van der Waals surface area contributed by atoms with Crippen molar-refractivity contribution in [2.75, 3.05) is 6.61 Å². The number of amides is 1. The predicted molar refractivity (Wildman–Crippen MR) is 82.7 cm³/mol. The molecular weight excluding hydrogens is 284 g/mol. The van der Waals surface area contributed by atoms with E-state index in [9.17, 15) is 14.9 Å². The standard InChI is InChI=1S/C16H22N2O4/c1-11-5-3-8-15(12(11)2)17-16(19)10-22-14-7-4-6-13(9-14)18(20)21/h4,6-7,9,11-12,15H,3,5,8,10H2,1-2H3,(H,17,19)/t11-,12-,15-/m1/s1. The molecule has 6 nitrogen and oxygen atoms in total. The van der Waals surface area contributed by atoms with Crippen LogP contribution in [0.25, 0.3) is 0 Å². The molecule has 1 aromatic carbocycles. The van der Waals surface area contributed by atoms with Crippen molar-refractivity contribution in [1.82, 2.24) is 5.32 Å². The number of hydrogen-bond acceptors (Lipinski definition) is 4. The van der Waals surface area contributed by atoms with E-state index in [4.69, 9.17) is 4.74 Å². The number of ether oxygens (including phenoxy) is 1. The number of benzene rings is 1. The molecule has 1 aliphatic carbocycles. The van der Waals surface area contributed by atoms with Gasteiger partial charge in [-0.05, 0) is 24.3 Å². The van der Waals surface area contributed by atoms with E-state index >= 15 is 0 Å². The lowest BCUT2D eigenvalue weighted by Gasteiger charge is -2.34. The Hall–Kier alpha value is -2.11. The second kappa shape index (κ2) is 7.24. The zero-order valence-corrected chi connectivity index (χ0v) is 13.0. The Morgan fingerprint density at radius 3 is 2.91 bits per heavy atom. The highest BCUT2D eigenvalue weighted by Crippen LogP contribution is 2.29. The molecule has 3 atom stereocenters. The van der Waals surface area contributed by atoms with Gasteiger partial charge in [-0.3, -0.25) is 14.9 Å². The van der Waals surface area contributed by atoms with Crippen molar-refractivity contribution < 1.29 is 14.5 Å². The number of nitro groups is 1. The topological polar surface area (TPSA) is 81.5 Å². The summed E-state index contributed by atoms with van der Waals surface area (Å²) in [5.74, 6) is 1.21. The van der Waals surface area contributed by atoms with Gasteiger partial charge in [-0.2, -0.15) is 0 Å². The number of hydrogen-bond donors (Lipinski definition) is 1. The minimum Gasteiger partial charge on any atom is -0.484 e. The molecule has 0 aliphatic heterocycles. The van der Waals surface area contributed by atoms with Crippen LogP contribution in [0.4, 0.5) is 5.69 Å². The summed E-state index contributed by atoms with van der Waals surface area (Å²) in [6.45, 7) is 4.25. The normalized spacial score (nSPS) is 24.5. The smallest absolute Gasteiger partial charge is 0.273 e. The van der Waals surface area contributed by atoms with Gasteiger partial charge in [0.1, 0.15) is 5.75 Å². The molecule has 1 aromatic rings. The first-order valence-electron chi connectivity index (χ1n) is 7.64. The maximum Gasteiger partial charge on any atom is 0.273 e. The molecule has 0 bridgehead atoms. The zero-order valence-electron chi connectivity index (χ0n) is 13.0. The Bertz CT molecular complexity index is 547. The van der Waals surface area contributed by atoms with E-state index in [0.717, 1.165) is 12.8 Å². The monoisotopic (exact) mass is 306 g/mol. The Balaban J connectivity index is 1.85. The highest BCUT2D eigenvalue weighted by atomic mass is 16.6. The van der Waals surface area contributed by atoms with E-state index < -0.39 is 4.92 Å². The summed E-state index contributed by atoms with van der Waals surface area (Å²) in [7, 11) is 0. The molecule has 120 valence electrons. The van der Waals surface area contributed by atoms with Gasteiger partial charge in [-0.15, -0.1) is 0 Å². The van der Waals surface area contributed by atoms with Crippen LogP contribution in [0, 0.1) is 22.0 Å². The van der Waals surface area contributed by atoms with E-state index in [1.807, 2.05) is 0 Å². The van der Waals surface area contributed by atoms with Crippen molar-refractivity contribution in [3.05, 3.63) is 34.4 Å². The molecule has 1 saturated carbocycles. The maximum absolute atomic E-state index is 12.0. The molecule has 0 saturated heterocycles. The maximum atomic E-state index is 12.0. The molecule has 1 aliphatic rings. The van der Waals surface area contributed by atoms with Gasteiger partial charge in [-0.25, -0.2) is 0 Å². The van der Waals surface area contributed by atoms with Crippen LogP contribution in [0.1, 0.15) is 33.1 Å². The second-order valence-electron chi connectivity index (χ2n) is 5.98. The summed E-state index contributed by atoms with van der Waals surface area (Å²) < 4.78 is 5.35. The minimum absolute atomic E-state index is 0.0485. The van der Waals surface area contributed by atoms with Crippen LogP contribution in [0.2, 0.25) is 0 Å².